The Labute approximate surface area is 124 Å². The van der Waals surface area contributed by atoms with E-state index in [-0.39, 0.29) is 6.10 Å². The molecule has 0 unspecified atom stereocenters. The molecule has 2 aromatic rings. The van der Waals surface area contributed by atoms with E-state index in [9.17, 15) is 0 Å². The highest BCUT2D eigenvalue weighted by Gasteiger charge is 2.11. The van der Waals surface area contributed by atoms with Crippen LogP contribution in [0.5, 0.6) is 0 Å². The van der Waals surface area contributed by atoms with Gasteiger partial charge in [0.05, 0.1) is 30.9 Å². The molecule has 0 spiro atoms. The quantitative estimate of drug-likeness (QED) is 0.747. The summed E-state index contributed by atoms with van der Waals surface area (Å²) < 4.78 is 12.7. The number of fused-ring (bicyclic) bond motifs is 1. The van der Waals surface area contributed by atoms with Gasteiger partial charge in [-0.05, 0) is 20.8 Å². The van der Waals surface area contributed by atoms with Crippen LogP contribution >= 0.6 is 0 Å². The van der Waals surface area contributed by atoms with Crippen LogP contribution in [-0.4, -0.2) is 45.6 Å². The van der Waals surface area contributed by atoms with E-state index in [0.29, 0.717) is 25.6 Å². The number of anilines is 1. The molecule has 2 heterocycles. The second kappa shape index (κ2) is 7.33. The molecule has 0 amide bonds. The number of ether oxygens (including phenoxy) is 2. The van der Waals surface area contributed by atoms with E-state index in [4.69, 9.17) is 9.47 Å². The van der Waals surface area contributed by atoms with Crippen molar-refractivity contribution in [2.24, 2.45) is 7.05 Å². The zero-order valence-corrected chi connectivity index (χ0v) is 13.1. The minimum Gasteiger partial charge on any atom is -0.376 e. The number of aromatic nitrogens is 4. The number of nitrogens with zero attached hydrogens (tertiary/aromatic N) is 4. The maximum atomic E-state index is 5.56. The fourth-order valence-electron chi connectivity index (χ4n) is 1.94. The maximum absolute atomic E-state index is 5.56. The summed E-state index contributed by atoms with van der Waals surface area (Å²) in [6, 6.07) is 0. The third-order valence-electron chi connectivity index (χ3n) is 2.89. The molecule has 1 N–H and O–H groups in total. The highest BCUT2D eigenvalue weighted by molar-refractivity contribution is 5.86. The SMILES string of the molecule is CCNc1nc(COCCOC(C)C)nc2c1cnn2C. The van der Waals surface area contributed by atoms with Gasteiger partial charge in [-0.25, -0.2) is 9.97 Å². The van der Waals surface area contributed by atoms with Crippen molar-refractivity contribution in [1.29, 1.82) is 0 Å². The molecule has 0 aliphatic carbocycles. The number of hydrogen-bond donors (Lipinski definition) is 1. The molecule has 21 heavy (non-hydrogen) atoms. The van der Waals surface area contributed by atoms with Gasteiger partial charge in [-0.3, -0.25) is 4.68 Å². The lowest BCUT2D eigenvalue weighted by Gasteiger charge is -2.09. The largest absolute Gasteiger partial charge is 0.376 e. The summed E-state index contributed by atoms with van der Waals surface area (Å²) >= 11 is 0. The van der Waals surface area contributed by atoms with Gasteiger partial charge in [0.15, 0.2) is 11.5 Å². The van der Waals surface area contributed by atoms with E-state index in [1.54, 1.807) is 10.9 Å². The smallest absolute Gasteiger partial charge is 0.163 e. The number of nitrogens with one attached hydrogen (secondary N) is 1. The van der Waals surface area contributed by atoms with E-state index in [2.05, 4.69) is 20.4 Å². The van der Waals surface area contributed by atoms with Crippen LogP contribution in [0.3, 0.4) is 0 Å². The molecule has 0 aliphatic rings. The van der Waals surface area contributed by atoms with Crippen LogP contribution < -0.4 is 5.32 Å². The third kappa shape index (κ3) is 4.12. The van der Waals surface area contributed by atoms with Gasteiger partial charge in [-0.2, -0.15) is 5.10 Å². The minimum atomic E-state index is 0.219. The lowest BCUT2D eigenvalue weighted by atomic mass is 10.3. The molecule has 0 aliphatic heterocycles. The van der Waals surface area contributed by atoms with Crippen LogP contribution in [0.1, 0.15) is 26.6 Å². The molecule has 0 saturated heterocycles. The highest BCUT2D eigenvalue weighted by atomic mass is 16.5. The molecule has 0 bridgehead atoms. The first-order chi connectivity index (χ1) is 10.1. The Morgan fingerprint density at radius 3 is 2.81 bits per heavy atom. The molecule has 2 rings (SSSR count). The Kier molecular flexibility index (Phi) is 5.46. The van der Waals surface area contributed by atoms with E-state index >= 15 is 0 Å². The van der Waals surface area contributed by atoms with Crippen molar-refractivity contribution in [3.63, 3.8) is 0 Å². The zero-order valence-electron chi connectivity index (χ0n) is 13.1. The second-order valence-electron chi connectivity index (χ2n) is 5.00. The van der Waals surface area contributed by atoms with Gasteiger partial charge in [0, 0.05) is 13.6 Å². The molecule has 7 nitrogen and oxygen atoms in total. The van der Waals surface area contributed by atoms with Crippen molar-refractivity contribution >= 4 is 16.9 Å². The summed E-state index contributed by atoms with van der Waals surface area (Å²) in [5.41, 5.74) is 0.804. The summed E-state index contributed by atoms with van der Waals surface area (Å²) in [4.78, 5) is 8.99. The summed E-state index contributed by atoms with van der Waals surface area (Å²) in [6.45, 7) is 8.30. The van der Waals surface area contributed by atoms with Gasteiger partial charge in [0.2, 0.25) is 0 Å². The third-order valence-corrected chi connectivity index (χ3v) is 2.89. The molecule has 7 heteroatoms. The van der Waals surface area contributed by atoms with Gasteiger partial charge in [-0.1, -0.05) is 0 Å². The van der Waals surface area contributed by atoms with Crippen LogP contribution in [0.15, 0.2) is 6.20 Å². The van der Waals surface area contributed by atoms with Crippen LogP contribution in [0.4, 0.5) is 5.82 Å². The van der Waals surface area contributed by atoms with Gasteiger partial charge in [0.25, 0.3) is 0 Å². The number of rotatable bonds is 8. The minimum absolute atomic E-state index is 0.219. The van der Waals surface area contributed by atoms with E-state index < -0.39 is 0 Å². The van der Waals surface area contributed by atoms with Crippen molar-refractivity contribution < 1.29 is 9.47 Å². The Bertz CT molecular complexity index is 582. The molecule has 0 aromatic carbocycles. The molecule has 0 radical (unpaired) electrons. The fourth-order valence-corrected chi connectivity index (χ4v) is 1.94. The van der Waals surface area contributed by atoms with Gasteiger partial charge >= 0.3 is 0 Å². The monoisotopic (exact) mass is 293 g/mol. The van der Waals surface area contributed by atoms with Gasteiger partial charge in [-0.15, -0.1) is 0 Å². The number of aryl methyl sites for hydroxylation is 1. The van der Waals surface area contributed by atoms with E-state index in [1.807, 2.05) is 27.8 Å². The zero-order chi connectivity index (χ0) is 15.2. The lowest BCUT2D eigenvalue weighted by Crippen LogP contribution is -2.11. The van der Waals surface area contributed by atoms with Crippen LogP contribution in [0.2, 0.25) is 0 Å². The van der Waals surface area contributed by atoms with Crippen LogP contribution in [-0.2, 0) is 23.1 Å². The average molecular weight is 293 g/mol. The normalized spacial score (nSPS) is 11.5. The van der Waals surface area contributed by atoms with Crippen molar-refractivity contribution in [2.45, 2.75) is 33.5 Å². The van der Waals surface area contributed by atoms with Gasteiger partial charge in [0.1, 0.15) is 12.4 Å². The predicted octanol–water partition coefficient (Wildman–Crippen LogP) is 1.74. The summed E-state index contributed by atoms with van der Waals surface area (Å²) in [6.07, 6.45) is 1.99. The van der Waals surface area contributed by atoms with E-state index in [1.165, 1.54) is 0 Å². The molecular weight excluding hydrogens is 270 g/mol. The first kappa shape index (κ1) is 15.7. The molecule has 2 aromatic heterocycles. The Hall–Kier alpha value is -1.73. The molecule has 116 valence electrons. The average Bonchev–Trinajstić information content (AvgIpc) is 2.81. The predicted molar refractivity (Wildman–Crippen MR) is 81.2 cm³/mol. The lowest BCUT2D eigenvalue weighted by molar-refractivity contribution is 0.0128. The van der Waals surface area contributed by atoms with Crippen molar-refractivity contribution in [1.82, 2.24) is 19.7 Å². The standard InChI is InChI=1S/C14H23N5O2/c1-5-15-13-11-8-16-19(4)14(11)18-12(17-13)9-20-6-7-21-10(2)3/h8,10H,5-7,9H2,1-4H3,(H,15,17,18). The summed E-state index contributed by atoms with van der Waals surface area (Å²) in [7, 11) is 1.87. The Morgan fingerprint density at radius 2 is 2.10 bits per heavy atom. The van der Waals surface area contributed by atoms with Crippen LogP contribution in [0.25, 0.3) is 11.0 Å². The molecule has 0 fully saturated rings. The fraction of sp³-hybridized carbons (Fsp3) is 0.643. The van der Waals surface area contributed by atoms with Crippen molar-refractivity contribution in [2.75, 3.05) is 25.1 Å². The van der Waals surface area contributed by atoms with Crippen molar-refractivity contribution in [3.8, 4) is 0 Å². The summed E-state index contributed by atoms with van der Waals surface area (Å²) in [5, 5.41) is 8.38. The Balaban J connectivity index is 2.04. The van der Waals surface area contributed by atoms with Crippen molar-refractivity contribution in [3.05, 3.63) is 12.0 Å². The second-order valence-corrected chi connectivity index (χ2v) is 5.00. The first-order valence-corrected chi connectivity index (χ1v) is 7.23. The molecule has 0 saturated carbocycles. The molecule has 0 atom stereocenters. The van der Waals surface area contributed by atoms with Gasteiger partial charge < -0.3 is 14.8 Å². The Morgan fingerprint density at radius 1 is 1.29 bits per heavy atom. The van der Waals surface area contributed by atoms with Crippen LogP contribution in [0, 0.1) is 0 Å². The molecular formula is C14H23N5O2. The first-order valence-electron chi connectivity index (χ1n) is 7.23. The maximum Gasteiger partial charge on any atom is 0.163 e. The topological polar surface area (TPSA) is 74.1 Å². The summed E-state index contributed by atoms with van der Waals surface area (Å²) in [5.74, 6) is 1.44. The van der Waals surface area contributed by atoms with E-state index in [0.717, 1.165) is 23.4 Å². The number of hydrogen-bond acceptors (Lipinski definition) is 6. The highest BCUT2D eigenvalue weighted by Crippen LogP contribution is 2.19.